The summed E-state index contributed by atoms with van der Waals surface area (Å²) in [5.41, 5.74) is 11.3. The highest BCUT2D eigenvalue weighted by Gasteiger charge is 2.35. The van der Waals surface area contributed by atoms with E-state index in [4.69, 9.17) is 15.0 Å². The third-order valence-electron chi connectivity index (χ3n) is 10.9. The molecule has 5 aliphatic carbocycles. The molecule has 10 rings (SSSR count). The Balaban J connectivity index is 1.27. The van der Waals surface area contributed by atoms with Crippen LogP contribution in [-0.4, -0.2) is 15.0 Å². The summed E-state index contributed by atoms with van der Waals surface area (Å²) in [5.74, 6) is 2.80. The van der Waals surface area contributed by atoms with Crippen molar-refractivity contribution in [1.29, 1.82) is 0 Å². The van der Waals surface area contributed by atoms with E-state index in [-0.39, 0.29) is 5.92 Å². The van der Waals surface area contributed by atoms with Crippen molar-refractivity contribution < 1.29 is 0 Å². The van der Waals surface area contributed by atoms with Gasteiger partial charge in [0.2, 0.25) is 0 Å². The molecule has 1 heterocycles. The first-order chi connectivity index (χ1) is 24.8. The number of rotatable bonds is 4. The Bertz CT molecular complexity index is 2470. The lowest BCUT2D eigenvalue weighted by molar-refractivity contribution is 0.687. The van der Waals surface area contributed by atoms with Crippen molar-refractivity contribution >= 4 is 32.7 Å². The quantitative estimate of drug-likeness (QED) is 0.183. The predicted molar refractivity (Wildman–Crippen MR) is 207 cm³/mol. The minimum atomic E-state index is 0.280. The number of hydrogen-bond donors (Lipinski definition) is 0. The zero-order valence-electron chi connectivity index (χ0n) is 27.8. The topological polar surface area (TPSA) is 38.7 Å². The molecule has 50 heavy (non-hydrogen) atoms. The first-order valence-electron chi connectivity index (χ1n) is 17.8. The smallest absolute Gasteiger partial charge is 0.165 e. The second-order valence-corrected chi connectivity index (χ2v) is 13.7. The summed E-state index contributed by atoms with van der Waals surface area (Å²) in [6.07, 6.45) is 31.5. The van der Waals surface area contributed by atoms with Gasteiger partial charge in [-0.1, -0.05) is 146 Å². The van der Waals surface area contributed by atoms with E-state index in [0.717, 1.165) is 59.0 Å². The number of hydrogen-bond acceptors (Lipinski definition) is 3. The molecule has 0 amide bonds. The number of aromatic nitrogens is 3. The maximum atomic E-state index is 5.47. The number of benzene rings is 4. The fourth-order valence-electron chi connectivity index (χ4n) is 8.58. The largest absolute Gasteiger partial charge is 0.208 e. The van der Waals surface area contributed by atoms with E-state index >= 15 is 0 Å². The lowest BCUT2D eigenvalue weighted by Gasteiger charge is -2.36. The standard InChI is InChI=1S/C47H35N3/c1-3-16-31(17-4-1)43-37-23-11-13-25-39(37)44(40-26-14-12-24-38(40)43)47-49-45(32-18-5-2-6-19-32)48-46(50-47)42-29-41-33-20-8-7-15-30(33)27-28-36(41)34-21-9-10-22-35(34)42/h1-3,5-16,18-20,22-26,28-30,34H,4,17,21,27H2. The van der Waals surface area contributed by atoms with Crippen LogP contribution in [0.25, 0.3) is 55.5 Å². The Morgan fingerprint density at radius 2 is 1.28 bits per heavy atom. The average molecular weight is 642 g/mol. The molecule has 0 N–H and O–H groups in total. The van der Waals surface area contributed by atoms with Crippen LogP contribution < -0.4 is 0 Å². The molecule has 238 valence electrons. The van der Waals surface area contributed by atoms with Crippen LogP contribution in [0.5, 0.6) is 0 Å². The molecule has 0 bridgehead atoms. The van der Waals surface area contributed by atoms with E-state index < -0.39 is 0 Å². The summed E-state index contributed by atoms with van der Waals surface area (Å²) in [5, 5.41) is 4.78. The predicted octanol–water partition coefficient (Wildman–Crippen LogP) is 11.5. The fraction of sp³-hybridized carbons (Fsp3) is 0.128. The summed E-state index contributed by atoms with van der Waals surface area (Å²) >= 11 is 0. The molecular weight excluding hydrogens is 607 g/mol. The van der Waals surface area contributed by atoms with Gasteiger partial charge < -0.3 is 0 Å². The van der Waals surface area contributed by atoms with Crippen LogP contribution in [0.1, 0.15) is 37.1 Å². The highest BCUT2D eigenvalue weighted by atomic mass is 15.0. The van der Waals surface area contributed by atoms with Crippen molar-refractivity contribution in [3.63, 3.8) is 0 Å². The summed E-state index contributed by atoms with van der Waals surface area (Å²) in [7, 11) is 0. The molecule has 4 aromatic carbocycles. The van der Waals surface area contributed by atoms with Gasteiger partial charge in [0.25, 0.3) is 0 Å². The molecule has 0 radical (unpaired) electrons. The molecular formula is C47H35N3. The van der Waals surface area contributed by atoms with Crippen molar-refractivity contribution in [1.82, 2.24) is 15.0 Å². The molecule has 3 nitrogen and oxygen atoms in total. The monoisotopic (exact) mass is 641 g/mol. The Labute approximate surface area is 292 Å². The van der Waals surface area contributed by atoms with E-state index in [1.165, 1.54) is 44.2 Å². The molecule has 2 atom stereocenters. The van der Waals surface area contributed by atoms with E-state index in [0.29, 0.717) is 17.6 Å². The maximum Gasteiger partial charge on any atom is 0.165 e. The Hall–Kier alpha value is -5.93. The molecule has 0 spiro atoms. The second kappa shape index (κ2) is 11.9. The van der Waals surface area contributed by atoms with E-state index in [2.05, 4.69) is 146 Å². The fourth-order valence-corrected chi connectivity index (χ4v) is 8.58. The van der Waals surface area contributed by atoms with Crippen LogP contribution >= 0.6 is 0 Å². The van der Waals surface area contributed by atoms with Gasteiger partial charge in [0, 0.05) is 28.5 Å². The zero-order valence-corrected chi connectivity index (χ0v) is 27.8. The van der Waals surface area contributed by atoms with Gasteiger partial charge in [0.15, 0.2) is 17.5 Å². The molecule has 5 aliphatic rings. The van der Waals surface area contributed by atoms with Crippen LogP contribution in [0.15, 0.2) is 174 Å². The first-order valence-corrected chi connectivity index (χ1v) is 17.8. The lowest BCUT2D eigenvalue weighted by Crippen LogP contribution is -2.22. The normalized spacial score (nSPS) is 20.6. The van der Waals surface area contributed by atoms with Gasteiger partial charge in [0.1, 0.15) is 0 Å². The first kappa shape index (κ1) is 29.0. The van der Waals surface area contributed by atoms with Crippen molar-refractivity contribution in [2.75, 3.05) is 0 Å². The minimum Gasteiger partial charge on any atom is -0.208 e. The number of allylic oxidation sites excluding steroid dienone is 18. The van der Waals surface area contributed by atoms with Gasteiger partial charge in [0.05, 0.1) is 0 Å². The second-order valence-electron chi connectivity index (χ2n) is 13.7. The van der Waals surface area contributed by atoms with E-state index in [9.17, 15) is 0 Å². The number of nitrogens with zero attached hydrogens (tertiary/aromatic N) is 3. The van der Waals surface area contributed by atoms with Crippen molar-refractivity contribution in [3.8, 4) is 22.8 Å². The molecule has 5 aromatic rings. The van der Waals surface area contributed by atoms with Crippen LogP contribution in [0.4, 0.5) is 0 Å². The van der Waals surface area contributed by atoms with Gasteiger partial charge >= 0.3 is 0 Å². The number of fused-ring (bicyclic) bond motifs is 6. The van der Waals surface area contributed by atoms with Crippen LogP contribution in [-0.2, 0) is 0 Å². The molecule has 0 saturated heterocycles. The van der Waals surface area contributed by atoms with Gasteiger partial charge in [-0.05, 0) is 86.7 Å². The van der Waals surface area contributed by atoms with Crippen molar-refractivity contribution in [2.45, 2.75) is 25.7 Å². The average Bonchev–Trinajstić information content (AvgIpc) is 3.20. The third kappa shape index (κ3) is 4.69. The Morgan fingerprint density at radius 1 is 0.580 bits per heavy atom. The molecule has 3 heteroatoms. The summed E-state index contributed by atoms with van der Waals surface area (Å²) < 4.78 is 0. The molecule has 1 aromatic heterocycles. The molecule has 0 fully saturated rings. The molecule has 0 saturated carbocycles. The van der Waals surface area contributed by atoms with Crippen LogP contribution in [0.3, 0.4) is 0 Å². The van der Waals surface area contributed by atoms with E-state index in [1.54, 1.807) is 0 Å². The maximum absolute atomic E-state index is 5.47. The Kier molecular flexibility index (Phi) is 6.90. The summed E-state index contributed by atoms with van der Waals surface area (Å²) in [6.45, 7) is 0. The van der Waals surface area contributed by atoms with E-state index in [1.807, 2.05) is 6.07 Å². The van der Waals surface area contributed by atoms with Crippen LogP contribution in [0.2, 0.25) is 0 Å². The Morgan fingerprint density at radius 3 is 2.04 bits per heavy atom. The van der Waals surface area contributed by atoms with Gasteiger partial charge in [-0.2, -0.15) is 0 Å². The summed E-state index contributed by atoms with van der Waals surface area (Å²) in [6, 6.07) is 28.0. The third-order valence-corrected chi connectivity index (χ3v) is 10.9. The summed E-state index contributed by atoms with van der Waals surface area (Å²) in [4.78, 5) is 16.1. The van der Waals surface area contributed by atoms with Crippen molar-refractivity contribution in [2.24, 2.45) is 11.8 Å². The van der Waals surface area contributed by atoms with Crippen molar-refractivity contribution in [3.05, 3.63) is 185 Å². The van der Waals surface area contributed by atoms with Gasteiger partial charge in [-0.25, -0.2) is 15.0 Å². The molecule has 0 aliphatic heterocycles. The minimum absolute atomic E-state index is 0.280. The SMILES string of the molecule is C1=CCCC(c2c3ccccc3c(-c3nc(C4=CC5=C6C=CC=CC6CC=C5C5CC=CC=C45)nc(-c4ccccc4)n3)c3ccccc23)=C1. The van der Waals surface area contributed by atoms with Gasteiger partial charge in [-0.3, -0.25) is 0 Å². The zero-order chi connectivity index (χ0) is 33.0. The van der Waals surface area contributed by atoms with Gasteiger partial charge in [-0.15, -0.1) is 0 Å². The molecule has 2 unspecified atom stereocenters. The highest BCUT2D eigenvalue weighted by molar-refractivity contribution is 6.18. The highest BCUT2D eigenvalue weighted by Crippen LogP contribution is 2.50. The van der Waals surface area contributed by atoms with Crippen LogP contribution in [0, 0.1) is 11.8 Å². The lowest BCUT2D eigenvalue weighted by atomic mass is 9.68.